The molecule has 0 spiro atoms. The second-order valence-electron chi connectivity index (χ2n) is 18.7. The number of carbonyl (C=O) groups is 4. The minimum atomic E-state index is -4.12. The Morgan fingerprint density at radius 2 is 1.81 bits per heavy atom. The van der Waals surface area contributed by atoms with Crippen LogP contribution in [0.1, 0.15) is 90.5 Å². The summed E-state index contributed by atoms with van der Waals surface area (Å²) < 4.78 is 45.6. The highest BCUT2D eigenvalue weighted by atomic mass is 32.2. The number of nitrogens with one attached hydrogen (secondary N) is 3. The molecule has 4 amide bonds. The highest BCUT2D eigenvalue weighted by molar-refractivity contribution is 7.87. The largest absolute Gasteiger partial charge is 0.493 e. The average molecular weight is 898 g/mol. The van der Waals surface area contributed by atoms with Gasteiger partial charge in [0.15, 0.2) is 0 Å². The van der Waals surface area contributed by atoms with Gasteiger partial charge >= 0.3 is 16.3 Å². The number of aromatic nitrogens is 1. The van der Waals surface area contributed by atoms with Gasteiger partial charge in [0.05, 0.1) is 24.3 Å². The minimum absolute atomic E-state index is 0.00562. The fourth-order valence-corrected chi connectivity index (χ4v) is 9.72. The van der Waals surface area contributed by atoms with Gasteiger partial charge in [0.1, 0.15) is 36.1 Å². The molecule has 18 heteroatoms. The molecule has 2 aliphatic carbocycles. The van der Waals surface area contributed by atoms with E-state index in [1.807, 2.05) is 49.8 Å². The van der Waals surface area contributed by atoms with Crippen LogP contribution < -0.4 is 20.1 Å². The number of ether oxygens (including phenoxy) is 3. The van der Waals surface area contributed by atoms with Crippen LogP contribution >= 0.6 is 0 Å². The number of para-hydroxylation sites is 1. The van der Waals surface area contributed by atoms with Crippen molar-refractivity contribution in [3.8, 4) is 11.6 Å². The van der Waals surface area contributed by atoms with Crippen LogP contribution in [-0.4, -0.2) is 140 Å². The van der Waals surface area contributed by atoms with Crippen molar-refractivity contribution in [3.63, 3.8) is 0 Å². The van der Waals surface area contributed by atoms with Crippen LogP contribution in [0.25, 0.3) is 10.9 Å². The molecule has 2 saturated carbocycles. The summed E-state index contributed by atoms with van der Waals surface area (Å²) in [5.74, 6) is -1.54. The molecule has 4 aliphatic rings. The second kappa shape index (κ2) is 20.5. The first-order valence-electron chi connectivity index (χ1n) is 22.5. The van der Waals surface area contributed by atoms with E-state index in [0.717, 1.165) is 74.3 Å². The van der Waals surface area contributed by atoms with Crippen LogP contribution in [0.3, 0.4) is 0 Å². The van der Waals surface area contributed by atoms with Crippen LogP contribution in [0.4, 0.5) is 4.79 Å². The molecule has 6 rings (SSSR count). The summed E-state index contributed by atoms with van der Waals surface area (Å²) in [6.45, 7) is 13.9. The van der Waals surface area contributed by atoms with E-state index in [0.29, 0.717) is 55.9 Å². The molecular weight excluding hydrogens is 831 g/mol. The quantitative estimate of drug-likeness (QED) is 0.116. The summed E-state index contributed by atoms with van der Waals surface area (Å²) in [6.07, 6.45) is 8.19. The summed E-state index contributed by atoms with van der Waals surface area (Å²) in [7, 11) is -1.55. The van der Waals surface area contributed by atoms with Crippen LogP contribution in [0, 0.1) is 17.3 Å². The third-order valence-electron chi connectivity index (χ3n) is 13.0. The first kappa shape index (κ1) is 47.9. The minimum Gasteiger partial charge on any atom is -0.493 e. The van der Waals surface area contributed by atoms with E-state index in [9.17, 15) is 32.7 Å². The lowest BCUT2D eigenvalue weighted by Crippen LogP contribution is -2.60. The van der Waals surface area contributed by atoms with E-state index in [2.05, 4.69) is 27.1 Å². The van der Waals surface area contributed by atoms with Crippen LogP contribution in [0.15, 0.2) is 36.9 Å². The monoisotopic (exact) mass is 897 g/mol. The van der Waals surface area contributed by atoms with Crippen LogP contribution in [0.2, 0.25) is 0 Å². The van der Waals surface area contributed by atoms with Gasteiger partial charge in [-0.3, -0.25) is 19.3 Å². The smallest absolute Gasteiger partial charge is 0.408 e. The number of aromatic hydroxyl groups is 1. The Morgan fingerprint density at radius 3 is 2.51 bits per heavy atom. The van der Waals surface area contributed by atoms with Gasteiger partial charge in [0.25, 0.3) is 5.91 Å². The van der Waals surface area contributed by atoms with E-state index >= 15 is 0 Å². The van der Waals surface area contributed by atoms with E-state index in [1.54, 1.807) is 0 Å². The van der Waals surface area contributed by atoms with Gasteiger partial charge in [-0.15, -0.1) is 6.58 Å². The van der Waals surface area contributed by atoms with E-state index in [1.165, 1.54) is 25.1 Å². The fourth-order valence-electron chi connectivity index (χ4n) is 9.12. The number of hydrogen-bond donors (Lipinski definition) is 4. The fraction of sp³-hybridized carbons (Fsp3) is 0.667. The molecule has 1 aromatic carbocycles. The summed E-state index contributed by atoms with van der Waals surface area (Å²) >= 11 is 0. The molecule has 63 heavy (non-hydrogen) atoms. The Labute approximate surface area is 371 Å². The number of morpholine rings is 1. The SMILES string of the molecule is C=C[C@@H]1C[C@]1(NC(=O)[C@@H]1CCCN1C(=O)[C@@H](NC(=O)OC1CCC[C@H]1CCCCCc1c(O)nc2ccccc2c1OCCN1CCOCC1)C(C)(C)C)C(=O)NS(=O)(=O)N(C)C. The Balaban J connectivity index is 1.01. The van der Waals surface area contributed by atoms with Crippen molar-refractivity contribution in [2.24, 2.45) is 17.3 Å². The molecule has 4 N–H and O–H groups in total. The number of benzene rings is 1. The molecule has 0 bridgehead atoms. The van der Waals surface area contributed by atoms with E-state index < -0.39 is 63.0 Å². The molecule has 0 radical (unpaired) electrons. The van der Waals surface area contributed by atoms with Crippen molar-refractivity contribution in [3.05, 3.63) is 42.5 Å². The summed E-state index contributed by atoms with van der Waals surface area (Å²) in [6, 6.07) is 5.75. The zero-order valence-electron chi connectivity index (χ0n) is 37.5. The van der Waals surface area contributed by atoms with Gasteiger partial charge in [-0.25, -0.2) is 14.5 Å². The number of likely N-dealkylation sites (tertiary alicyclic amines) is 1. The Kier molecular flexibility index (Phi) is 15.6. The summed E-state index contributed by atoms with van der Waals surface area (Å²) in [5, 5.41) is 17.5. The van der Waals surface area contributed by atoms with Crippen LogP contribution in [-0.2, 0) is 40.5 Å². The molecule has 17 nitrogen and oxygen atoms in total. The number of fused-ring (bicyclic) bond motifs is 1. The van der Waals surface area contributed by atoms with Crippen molar-refractivity contribution < 1.29 is 46.9 Å². The van der Waals surface area contributed by atoms with Crippen LogP contribution in [0.5, 0.6) is 11.6 Å². The Morgan fingerprint density at radius 1 is 1.06 bits per heavy atom. The highest BCUT2D eigenvalue weighted by Crippen LogP contribution is 2.45. The molecular formula is C45H67N7O10S. The first-order chi connectivity index (χ1) is 29.9. The van der Waals surface area contributed by atoms with Gasteiger partial charge in [0, 0.05) is 51.6 Å². The van der Waals surface area contributed by atoms with Crippen molar-refractivity contribution in [1.82, 2.24) is 34.4 Å². The van der Waals surface area contributed by atoms with Crippen molar-refractivity contribution in [1.29, 1.82) is 0 Å². The number of nitrogens with zero attached hydrogens (tertiary/aromatic N) is 4. The third kappa shape index (κ3) is 11.6. The van der Waals surface area contributed by atoms with Gasteiger partial charge in [-0.2, -0.15) is 12.7 Å². The van der Waals surface area contributed by atoms with Gasteiger partial charge < -0.3 is 34.9 Å². The molecule has 1 unspecified atom stereocenters. The zero-order valence-corrected chi connectivity index (χ0v) is 38.3. The average Bonchev–Trinajstić information content (AvgIpc) is 3.49. The predicted octanol–water partition coefficient (Wildman–Crippen LogP) is 4.04. The third-order valence-corrected chi connectivity index (χ3v) is 14.4. The van der Waals surface area contributed by atoms with Crippen molar-refractivity contribution >= 4 is 44.9 Å². The Hall–Kier alpha value is -4.52. The van der Waals surface area contributed by atoms with E-state index in [-0.39, 0.29) is 30.9 Å². The maximum atomic E-state index is 14.2. The summed E-state index contributed by atoms with van der Waals surface area (Å²) in [5.41, 5.74) is -0.856. The van der Waals surface area contributed by atoms with Gasteiger partial charge in [0.2, 0.25) is 17.7 Å². The number of rotatable bonds is 19. The highest BCUT2D eigenvalue weighted by Gasteiger charge is 2.61. The maximum absolute atomic E-state index is 14.2. The standard InChI is InChI=1S/C45H67N7O10S/c1-7-31-29-45(31,42(56)49-63(58,59)50(5)6)48-40(54)35-20-14-22-52(35)41(55)38(44(2,3)4)47-43(57)62-36-21-13-16-30(36)15-9-8-10-18-33-37(61-28-25-51-23-26-60-27-24-51)32-17-11-12-19-34(32)46-39(33)53/h7,11-12,17,19,30-31,35-36,38H,1,8-10,13-16,18,20-29H2,2-6H3,(H,46,53)(H,47,57)(H,48,54)(H,49,56)/t30-,31-,35+,36?,38-,45-/m1/s1. The normalized spacial score (nSPS) is 24.5. The summed E-state index contributed by atoms with van der Waals surface area (Å²) in [4.78, 5) is 63.0. The lowest BCUT2D eigenvalue weighted by molar-refractivity contribution is -0.142. The first-order valence-corrected chi connectivity index (χ1v) is 23.9. The maximum Gasteiger partial charge on any atom is 0.408 e. The number of unbranched alkanes of at least 4 members (excludes halogenated alkanes) is 2. The number of alkyl carbamates (subject to hydrolysis) is 1. The second-order valence-corrected chi connectivity index (χ2v) is 20.5. The van der Waals surface area contributed by atoms with Gasteiger partial charge in [-0.05, 0) is 81.3 Å². The number of hydrogen-bond acceptors (Lipinski definition) is 12. The lowest BCUT2D eigenvalue weighted by Gasteiger charge is -2.36. The number of amides is 4. The molecule has 6 atom stereocenters. The lowest BCUT2D eigenvalue weighted by atomic mass is 9.85. The number of carbonyl (C=O) groups excluding carboxylic acids is 4. The van der Waals surface area contributed by atoms with Crippen molar-refractivity contribution in [2.45, 2.75) is 115 Å². The molecule has 1 aromatic heterocycles. The molecule has 2 aliphatic heterocycles. The Bertz CT molecular complexity index is 2090. The number of pyridine rings is 1. The molecule has 2 saturated heterocycles. The topological polar surface area (TPSA) is 209 Å². The molecule has 4 fully saturated rings. The van der Waals surface area contributed by atoms with Crippen molar-refractivity contribution in [2.75, 3.05) is 60.1 Å². The van der Waals surface area contributed by atoms with Gasteiger partial charge in [-0.1, -0.05) is 51.8 Å². The predicted molar refractivity (Wildman–Crippen MR) is 237 cm³/mol. The van der Waals surface area contributed by atoms with E-state index in [4.69, 9.17) is 14.2 Å². The molecule has 348 valence electrons. The zero-order chi connectivity index (χ0) is 45.5. The molecule has 2 aromatic rings. The molecule has 3 heterocycles.